The van der Waals surface area contributed by atoms with Gasteiger partial charge in [0.05, 0.1) is 6.54 Å². The van der Waals surface area contributed by atoms with E-state index < -0.39 is 0 Å². The minimum Gasteiger partial charge on any atom is -0.357 e. The van der Waals surface area contributed by atoms with Crippen LogP contribution in [0.2, 0.25) is 0 Å². The normalized spacial score (nSPS) is 21.2. The van der Waals surface area contributed by atoms with E-state index in [2.05, 4.69) is 46.2 Å². The lowest BCUT2D eigenvalue weighted by atomic mass is 9.84. The first-order valence-corrected chi connectivity index (χ1v) is 9.18. The number of guanidine groups is 1. The molecule has 0 bridgehead atoms. The maximum absolute atomic E-state index is 4.72. The van der Waals surface area contributed by atoms with Gasteiger partial charge in [-0.1, -0.05) is 20.3 Å². The van der Waals surface area contributed by atoms with Gasteiger partial charge in [0.25, 0.3) is 0 Å². The van der Waals surface area contributed by atoms with E-state index >= 15 is 0 Å². The fourth-order valence-corrected chi connectivity index (χ4v) is 3.24. The van der Waals surface area contributed by atoms with Crippen LogP contribution in [-0.2, 0) is 13.0 Å². The summed E-state index contributed by atoms with van der Waals surface area (Å²) in [7, 11) is 0. The van der Waals surface area contributed by atoms with E-state index in [0.717, 1.165) is 43.8 Å². The van der Waals surface area contributed by atoms with E-state index in [4.69, 9.17) is 4.99 Å². The standard InChI is InChI=1S/C17H32N6.HI/c1-4-14-7-9-15(10-8-14)21-17(18-6-3)19-11-12-23-13-20-22-16(23)5-2;/h13-15H,4-12H2,1-3H3,(H2,18,19,21);1H. The summed E-state index contributed by atoms with van der Waals surface area (Å²) in [6, 6.07) is 0.566. The Morgan fingerprint density at radius 1 is 1.25 bits per heavy atom. The molecular weight excluding hydrogens is 415 g/mol. The van der Waals surface area contributed by atoms with Gasteiger partial charge in [-0.2, -0.15) is 0 Å². The molecule has 1 aliphatic carbocycles. The van der Waals surface area contributed by atoms with Crippen LogP contribution in [0.4, 0.5) is 0 Å². The van der Waals surface area contributed by atoms with E-state index in [9.17, 15) is 0 Å². The van der Waals surface area contributed by atoms with Crippen molar-refractivity contribution in [2.24, 2.45) is 10.9 Å². The smallest absolute Gasteiger partial charge is 0.191 e. The summed E-state index contributed by atoms with van der Waals surface area (Å²) >= 11 is 0. The molecule has 0 aromatic carbocycles. The molecule has 6 nitrogen and oxygen atoms in total. The van der Waals surface area contributed by atoms with Crippen molar-refractivity contribution in [3.05, 3.63) is 12.2 Å². The molecule has 24 heavy (non-hydrogen) atoms. The van der Waals surface area contributed by atoms with Crippen LogP contribution < -0.4 is 10.6 Å². The number of nitrogens with zero attached hydrogens (tertiary/aromatic N) is 4. The predicted octanol–water partition coefficient (Wildman–Crippen LogP) is 2.98. The van der Waals surface area contributed by atoms with Gasteiger partial charge in [0.15, 0.2) is 5.96 Å². The SMILES string of the molecule is CCNC(=NCCn1cnnc1CC)NC1CCC(CC)CC1.I. The molecule has 0 saturated heterocycles. The first-order chi connectivity index (χ1) is 11.3. The molecule has 138 valence electrons. The second kappa shape index (κ2) is 11.7. The quantitative estimate of drug-likeness (QED) is 0.383. The third-order valence-corrected chi connectivity index (χ3v) is 4.73. The Hall–Kier alpha value is -0.860. The summed E-state index contributed by atoms with van der Waals surface area (Å²) in [6.07, 6.45) is 9.22. The van der Waals surface area contributed by atoms with E-state index in [1.807, 2.05) is 0 Å². The van der Waals surface area contributed by atoms with E-state index in [1.54, 1.807) is 6.33 Å². The molecule has 0 spiro atoms. The summed E-state index contributed by atoms with van der Waals surface area (Å²) in [5.74, 6) is 2.89. The monoisotopic (exact) mass is 448 g/mol. The Morgan fingerprint density at radius 3 is 2.62 bits per heavy atom. The van der Waals surface area contributed by atoms with Crippen molar-refractivity contribution in [2.45, 2.75) is 71.9 Å². The number of hydrogen-bond acceptors (Lipinski definition) is 3. The van der Waals surface area contributed by atoms with Gasteiger partial charge in [-0.3, -0.25) is 4.99 Å². The molecule has 1 aromatic rings. The summed E-state index contributed by atoms with van der Waals surface area (Å²) in [5.41, 5.74) is 0. The Morgan fingerprint density at radius 2 is 2.00 bits per heavy atom. The molecular formula is C17H33IN6. The number of aliphatic imine (C=N–C) groups is 1. The highest BCUT2D eigenvalue weighted by atomic mass is 127. The Kier molecular flexibility index (Phi) is 10.3. The Bertz CT molecular complexity index is 479. The van der Waals surface area contributed by atoms with Gasteiger partial charge in [-0.05, 0) is 38.5 Å². The highest BCUT2D eigenvalue weighted by molar-refractivity contribution is 14.0. The molecule has 1 aromatic heterocycles. The number of halogens is 1. The van der Waals surface area contributed by atoms with Crippen LogP contribution in [0.25, 0.3) is 0 Å². The fraction of sp³-hybridized carbons (Fsp3) is 0.824. The zero-order valence-electron chi connectivity index (χ0n) is 15.3. The molecule has 2 rings (SSSR count). The second-order valence-electron chi connectivity index (χ2n) is 6.33. The average Bonchev–Trinajstić information content (AvgIpc) is 3.03. The molecule has 1 heterocycles. The molecule has 1 aliphatic rings. The lowest BCUT2D eigenvalue weighted by Gasteiger charge is -2.29. The van der Waals surface area contributed by atoms with Crippen molar-refractivity contribution >= 4 is 29.9 Å². The van der Waals surface area contributed by atoms with Gasteiger partial charge in [0.2, 0.25) is 0 Å². The maximum atomic E-state index is 4.72. The van der Waals surface area contributed by atoms with Gasteiger partial charge in [0, 0.05) is 25.6 Å². The molecule has 0 atom stereocenters. The van der Waals surface area contributed by atoms with Crippen LogP contribution in [0.15, 0.2) is 11.3 Å². The van der Waals surface area contributed by atoms with Gasteiger partial charge < -0.3 is 15.2 Å². The highest BCUT2D eigenvalue weighted by Crippen LogP contribution is 2.26. The zero-order chi connectivity index (χ0) is 16.5. The number of rotatable bonds is 7. The maximum Gasteiger partial charge on any atom is 0.191 e. The minimum atomic E-state index is 0. The Labute approximate surface area is 163 Å². The van der Waals surface area contributed by atoms with Crippen molar-refractivity contribution in [1.29, 1.82) is 0 Å². The lowest BCUT2D eigenvalue weighted by molar-refractivity contribution is 0.304. The molecule has 0 aliphatic heterocycles. The summed E-state index contributed by atoms with van der Waals surface area (Å²) in [4.78, 5) is 4.72. The zero-order valence-corrected chi connectivity index (χ0v) is 17.6. The topological polar surface area (TPSA) is 67.1 Å². The van der Waals surface area contributed by atoms with Crippen molar-refractivity contribution in [3.8, 4) is 0 Å². The first kappa shape index (κ1) is 21.2. The molecule has 1 saturated carbocycles. The van der Waals surface area contributed by atoms with Crippen LogP contribution in [-0.4, -0.2) is 39.9 Å². The summed E-state index contributed by atoms with van der Waals surface area (Å²) in [5, 5.41) is 15.1. The third kappa shape index (κ3) is 6.57. The van der Waals surface area contributed by atoms with Crippen molar-refractivity contribution < 1.29 is 0 Å². The minimum absolute atomic E-state index is 0. The highest BCUT2D eigenvalue weighted by Gasteiger charge is 2.20. The number of aryl methyl sites for hydroxylation is 1. The van der Waals surface area contributed by atoms with E-state index in [0.29, 0.717) is 6.04 Å². The predicted molar refractivity (Wildman–Crippen MR) is 110 cm³/mol. The van der Waals surface area contributed by atoms with Crippen molar-refractivity contribution in [3.63, 3.8) is 0 Å². The van der Waals surface area contributed by atoms with Crippen LogP contribution in [0, 0.1) is 5.92 Å². The lowest BCUT2D eigenvalue weighted by Crippen LogP contribution is -2.45. The average molecular weight is 448 g/mol. The summed E-state index contributed by atoms with van der Waals surface area (Å²) < 4.78 is 2.08. The number of hydrogen-bond donors (Lipinski definition) is 2. The van der Waals surface area contributed by atoms with Crippen LogP contribution in [0.3, 0.4) is 0 Å². The molecule has 0 amide bonds. The van der Waals surface area contributed by atoms with Crippen molar-refractivity contribution in [2.75, 3.05) is 13.1 Å². The van der Waals surface area contributed by atoms with Gasteiger partial charge in [-0.15, -0.1) is 34.2 Å². The second-order valence-corrected chi connectivity index (χ2v) is 6.33. The number of nitrogens with one attached hydrogen (secondary N) is 2. The Balaban J connectivity index is 0.00000288. The molecule has 2 N–H and O–H groups in total. The molecule has 0 unspecified atom stereocenters. The van der Waals surface area contributed by atoms with Crippen LogP contribution >= 0.6 is 24.0 Å². The molecule has 7 heteroatoms. The van der Waals surface area contributed by atoms with Crippen molar-refractivity contribution in [1.82, 2.24) is 25.4 Å². The fourth-order valence-electron chi connectivity index (χ4n) is 3.24. The van der Waals surface area contributed by atoms with E-state index in [1.165, 1.54) is 32.1 Å². The van der Waals surface area contributed by atoms with Gasteiger partial charge in [0.1, 0.15) is 12.2 Å². The molecule has 1 fully saturated rings. The van der Waals surface area contributed by atoms with Crippen LogP contribution in [0.1, 0.15) is 58.7 Å². The van der Waals surface area contributed by atoms with E-state index in [-0.39, 0.29) is 24.0 Å². The van der Waals surface area contributed by atoms with Crippen LogP contribution in [0.5, 0.6) is 0 Å². The van der Waals surface area contributed by atoms with Gasteiger partial charge >= 0.3 is 0 Å². The summed E-state index contributed by atoms with van der Waals surface area (Å²) in [6.45, 7) is 8.98. The third-order valence-electron chi connectivity index (χ3n) is 4.73. The first-order valence-electron chi connectivity index (χ1n) is 9.18. The largest absolute Gasteiger partial charge is 0.357 e. The molecule has 0 radical (unpaired) electrons. The van der Waals surface area contributed by atoms with Gasteiger partial charge in [-0.25, -0.2) is 0 Å². The number of aromatic nitrogens is 3.